The van der Waals surface area contributed by atoms with Crippen LogP contribution in [0.15, 0.2) is 18.2 Å². The molecule has 0 spiro atoms. The first-order chi connectivity index (χ1) is 8.97. The van der Waals surface area contributed by atoms with Crippen LogP contribution in [-0.4, -0.2) is 40.8 Å². The van der Waals surface area contributed by atoms with Crippen molar-refractivity contribution in [3.8, 4) is 0 Å². The van der Waals surface area contributed by atoms with Gasteiger partial charge in [-0.15, -0.1) is 0 Å². The van der Waals surface area contributed by atoms with Gasteiger partial charge in [-0.25, -0.2) is 9.18 Å². The maximum Gasteiger partial charge on any atom is 0.338 e. The first-order valence-electron chi connectivity index (χ1n) is 5.72. The Morgan fingerprint density at radius 3 is 2.68 bits per heavy atom. The fraction of sp³-hybridized carbons (Fsp3) is 0.333. The van der Waals surface area contributed by atoms with Crippen LogP contribution in [0.4, 0.5) is 10.1 Å². The van der Waals surface area contributed by atoms with Gasteiger partial charge in [-0.1, -0.05) is 0 Å². The normalized spacial score (nSPS) is 22.2. The molecule has 1 fully saturated rings. The summed E-state index contributed by atoms with van der Waals surface area (Å²) in [4.78, 5) is 22.4. The van der Waals surface area contributed by atoms with Crippen molar-refractivity contribution in [1.29, 1.82) is 0 Å². The number of amides is 1. The smallest absolute Gasteiger partial charge is 0.338 e. The first kappa shape index (κ1) is 13.4. The van der Waals surface area contributed by atoms with Crippen LogP contribution in [0, 0.1) is 5.82 Å². The molecule has 4 N–H and O–H groups in total. The fourth-order valence-electron chi connectivity index (χ4n) is 1.91. The number of β-amino-alcohol motifs (C(OH)–C–C–N with tert-alkyl or cyclic N) is 1. The number of aliphatic hydroxyl groups is 1. The second kappa shape index (κ2) is 5.33. The van der Waals surface area contributed by atoms with Crippen molar-refractivity contribution in [2.24, 2.45) is 0 Å². The summed E-state index contributed by atoms with van der Waals surface area (Å²) in [6.07, 6.45) is -0.275. The van der Waals surface area contributed by atoms with Crippen LogP contribution in [0.5, 0.6) is 0 Å². The molecule has 1 aromatic carbocycles. The van der Waals surface area contributed by atoms with Crippen LogP contribution in [0.2, 0.25) is 0 Å². The maximum absolute atomic E-state index is 13.4. The van der Waals surface area contributed by atoms with E-state index >= 15 is 0 Å². The van der Waals surface area contributed by atoms with Crippen molar-refractivity contribution >= 4 is 17.6 Å². The molecular formula is C12H13FN2O4. The number of carbonyl (C=O) groups is 2. The van der Waals surface area contributed by atoms with Crippen molar-refractivity contribution in [2.45, 2.75) is 18.6 Å². The van der Waals surface area contributed by atoms with Crippen LogP contribution in [0.3, 0.4) is 0 Å². The molecule has 1 aliphatic rings. The highest BCUT2D eigenvalue weighted by molar-refractivity contribution is 5.96. The summed E-state index contributed by atoms with van der Waals surface area (Å²) in [5.74, 6) is -2.67. The van der Waals surface area contributed by atoms with Crippen LogP contribution in [0.1, 0.15) is 16.8 Å². The van der Waals surface area contributed by atoms with Gasteiger partial charge in [0.15, 0.2) is 0 Å². The van der Waals surface area contributed by atoms with Crippen LogP contribution >= 0.6 is 0 Å². The lowest BCUT2D eigenvalue weighted by molar-refractivity contribution is -0.117. The number of carboxylic acids is 1. The molecule has 1 amide bonds. The number of hydrogen-bond donors (Lipinski definition) is 4. The molecule has 0 bridgehead atoms. The van der Waals surface area contributed by atoms with Gasteiger partial charge in [0.25, 0.3) is 0 Å². The summed E-state index contributed by atoms with van der Waals surface area (Å²) >= 11 is 0. The van der Waals surface area contributed by atoms with Crippen molar-refractivity contribution < 1.29 is 24.2 Å². The van der Waals surface area contributed by atoms with Crippen LogP contribution in [0.25, 0.3) is 0 Å². The number of carboxylic acid groups (broad SMARTS) is 1. The summed E-state index contributed by atoms with van der Waals surface area (Å²) in [5, 5.41) is 23.3. The Bertz CT molecular complexity index is 520. The number of hydrogen-bond acceptors (Lipinski definition) is 4. The predicted octanol–water partition coefficient (Wildman–Crippen LogP) is 0.185. The monoisotopic (exact) mass is 268 g/mol. The van der Waals surface area contributed by atoms with Gasteiger partial charge >= 0.3 is 5.97 Å². The molecule has 2 rings (SSSR count). The summed E-state index contributed by atoms with van der Waals surface area (Å²) < 4.78 is 13.4. The molecule has 2 atom stereocenters. The lowest BCUT2D eigenvalue weighted by atomic mass is 10.1. The lowest BCUT2D eigenvalue weighted by Gasteiger charge is -2.11. The van der Waals surface area contributed by atoms with E-state index in [0.29, 0.717) is 13.0 Å². The molecule has 7 heteroatoms. The van der Waals surface area contributed by atoms with E-state index in [1.165, 1.54) is 6.07 Å². The highest BCUT2D eigenvalue weighted by Gasteiger charge is 2.28. The van der Waals surface area contributed by atoms with Crippen molar-refractivity contribution in [2.75, 3.05) is 11.9 Å². The maximum atomic E-state index is 13.4. The van der Waals surface area contributed by atoms with E-state index in [2.05, 4.69) is 10.6 Å². The summed E-state index contributed by atoms with van der Waals surface area (Å²) in [5.41, 5.74) is -0.275. The zero-order chi connectivity index (χ0) is 14.0. The van der Waals surface area contributed by atoms with E-state index < -0.39 is 29.5 Å². The minimum absolute atomic E-state index is 0.177. The Labute approximate surface area is 108 Å². The minimum Gasteiger partial charge on any atom is -0.478 e. The molecule has 19 heavy (non-hydrogen) atoms. The van der Waals surface area contributed by atoms with Crippen LogP contribution in [-0.2, 0) is 4.79 Å². The third-order valence-electron chi connectivity index (χ3n) is 2.89. The zero-order valence-electron chi connectivity index (χ0n) is 9.89. The first-order valence-corrected chi connectivity index (χ1v) is 5.72. The number of aliphatic hydroxyl groups excluding tert-OH is 1. The van der Waals surface area contributed by atoms with Gasteiger partial charge in [0.1, 0.15) is 5.82 Å². The second-order valence-corrected chi connectivity index (χ2v) is 4.34. The van der Waals surface area contributed by atoms with Crippen molar-refractivity contribution in [3.63, 3.8) is 0 Å². The Morgan fingerprint density at radius 2 is 2.16 bits per heavy atom. The predicted molar refractivity (Wildman–Crippen MR) is 64.4 cm³/mol. The molecule has 102 valence electrons. The molecule has 1 saturated heterocycles. The number of carbonyl (C=O) groups excluding carboxylic acids is 1. The number of halogens is 1. The molecule has 1 aromatic rings. The van der Waals surface area contributed by atoms with E-state index in [1.807, 2.05) is 0 Å². The third-order valence-corrected chi connectivity index (χ3v) is 2.89. The largest absolute Gasteiger partial charge is 0.478 e. The molecule has 0 aliphatic carbocycles. The lowest BCUT2D eigenvalue weighted by Crippen LogP contribution is -2.35. The van der Waals surface area contributed by atoms with Gasteiger partial charge < -0.3 is 20.8 Å². The van der Waals surface area contributed by atoms with Crippen molar-refractivity contribution in [1.82, 2.24) is 5.32 Å². The van der Waals surface area contributed by atoms with E-state index in [1.54, 1.807) is 0 Å². The van der Waals surface area contributed by atoms with Gasteiger partial charge in [0.05, 0.1) is 17.7 Å². The van der Waals surface area contributed by atoms with E-state index in [4.69, 9.17) is 5.11 Å². The van der Waals surface area contributed by atoms with Gasteiger partial charge in [-0.2, -0.15) is 0 Å². The molecule has 2 unspecified atom stereocenters. The Kier molecular flexibility index (Phi) is 3.77. The Morgan fingerprint density at radius 1 is 1.42 bits per heavy atom. The molecule has 0 radical (unpaired) electrons. The number of nitrogens with one attached hydrogen (secondary N) is 2. The standard InChI is InChI=1S/C12H13FN2O4/c13-9-3-6(1-2-8(9)12(18)19)15-11(17)10-4-7(16)5-14-10/h1-3,7,10,14,16H,4-5H2,(H,15,17)(H,18,19). The summed E-state index contributed by atoms with van der Waals surface area (Å²) in [6, 6.07) is 2.82. The molecule has 1 heterocycles. The number of aromatic carboxylic acids is 1. The number of benzene rings is 1. The quantitative estimate of drug-likeness (QED) is 0.627. The van der Waals surface area contributed by atoms with Gasteiger partial charge in [0, 0.05) is 12.2 Å². The SMILES string of the molecule is O=C(O)c1ccc(NC(=O)C2CC(O)CN2)cc1F. The minimum atomic E-state index is -1.36. The second-order valence-electron chi connectivity index (χ2n) is 4.34. The molecule has 6 nitrogen and oxygen atoms in total. The third kappa shape index (κ3) is 3.07. The van der Waals surface area contributed by atoms with Gasteiger partial charge in [0.2, 0.25) is 5.91 Å². The van der Waals surface area contributed by atoms with E-state index in [0.717, 1.165) is 12.1 Å². The Balaban J connectivity index is 2.05. The fourth-order valence-corrected chi connectivity index (χ4v) is 1.91. The summed E-state index contributed by atoms with van der Waals surface area (Å²) in [6.45, 7) is 0.338. The number of anilines is 1. The molecule has 0 aromatic heterocycles. The molecule has 0 saturated carbocycles. The molecule has 1 aliphatic heterocycles. The van der Waals surface area contributed by atoms with Gasteiger partial charge in [-0.3, -0.25) is 4.79 Å². The molecular weight excluding hydrogens is 255 g/mol. The topological polar surface area (TPSA) is 98.7 Å². The average Bonchev–Trinajstić information content (AvgIpc) is 2.75. The van der Waals surface area contributed by atoms with E-state index in [-0.39, 0.29) is 11.6 Å². The Hall–Kier alpha value is -1.99. The summed E-state index contributed by atoms with van der Waals surface area (Å²) in [7, 11) is 0. The van der Waals surface area contributed by atoms with Gasteiger partial charge in [-0.05, 0) is 24.6 Å². The highest BCUT2D eigenvalue weighted by Crippen LogP contribution is 2.16. The number of rotatable bonds is 3. The highest BCUT2D eigenvalue weighted by atomic mass is 19.1. The zero-order valence-corrected chi connectivity index (χ0v) is 9.89. The van der Waals surface area contributed by atoms with E-state index in [9.17, 15) is 19.1 Å². The average molecular weight is 268 g/mol. The van der Waals surface area contributed by atoms with Crippen molar-refractivity contribution in [3.05, 3.63) is 29.6 Å². The van der Waals surface area contributed by atoms with Crippen LogP contribution < -0.4 is 10.6 Å².